The summed E-state index contributed by atoms with van der Waals surface area (Å²) in [6.45, 7) is 1.33. The lowest BCUT2D eigenvalue weighted by molar-refractivity contribution is -0.115. The Hall–Kier alpha value is -3.33. The molecule has 0 saturated heterocycles. The van der Waals surface area contributed by atoms with Crippen LogP contribution in [-0.4, -0.2) is 41.4 Å². The van der Waals surface area contributed by atoms with Crippen LogP contribution in [0.15, 0.2) is 47.4 Å². The van der Waals surface area contributed by atoms with Gasteiger partial charge in [-0.25, -0.2) is 8.42 Å². The van der Waals surface area contributed by atoms with Crippen LogP contribution in [-0.2, 0) is 14.8 Å². The first-order valence-corrected chi connectivity index (χ1v) is 9.99. The molecule has 0 saturated carbocycles. The highest BCUT2D eigenvalue weighted by atomic mass is 32.2. The van der Waals surface area contributed by atoms with Crippen LogP contribution < -0.4 is 19.5 Å². The maximum atomic E-state index is 12.8. The summed E-state index contributed by atoms with van der Waals surface area (Å²) in [7, 11) is 0.377. The smallest absolute Gasteiger partial charge is 0.261 e. The zero-order valence-electron chi connectivity index (χ0n) is 16.5. The summed E-state index contributed by atoms with van der Waals surface area (Å²) >= 11 is 0. The van der Waals surface area contributed by atoms with Crippen molar-refractivity contribution in [2.75, 3.05) is 26.0 Å². The Kier molecular flexibility index (Phi) is 7.00. The molecule has 2 rings (SSSR count). The van der Waals surface area contributed by atoms with Crippen LogP contribution in [0.3, 0.4) is 0 Å². The van der Waals surface area contributed by atoms with Crippen molar-refractivity contribution in [3.05, 3.63) is 53.6 Å². The van der Waals surface area contributed by atoms with E-state index in [2.05, 4.69) is 10.0 Å². The van der Waals surface area contributed by atoms with Crippen molar-refractivity contribution < 1.29 is 27.5 Å². The number of sulfonamides is 1. The van der Waals surface area contributed by atoms with Gasteiger partial charge in [0.1, 0.15) is 0 Å². The van der Waals surface area contributed by atoms with E-state index < -0.39 is 10.0 Å². The first-order valence-electron chi connectivity index (χ1n) is 8.51. The molecule has 1 amide bonds. The standard InChI is InChI=1S/C20H22N2O6S/c1-13(23)16-11-18(27-3)19(28-4)12-17(16)22-29(25,26)15-8-5-14(6-9-15)7-10-20(24)21-2/h5-12,22H,1-4H3,(H,21,24)/b10-7+. The number of ether oxygens (including phenoxy) is 2. The van der Waals surface area contributed by atoms with Gasteiger partial charge in [-0.1, -0.05) is 12.1 Å². The van der Waals surface area contributed by atoms with Gasteiger partial charge < -0.3 is 14.8 Å². The van der Waals surface area contributed by atoms with E-state index in [-0.39, 0.29) is 33.6 Å². The van der Waals surface area contributed by atoms with Crippen molar-refractivity contribution in [3.63, 3.8) is 0 Å². The normalized spacial score (nSPS) is 11.2. The van der Waals surface area contributed by atoms with Gasteiger partial charge in [0.15, 0.2) is 17.3 Å². The number of methoxy groups -OCH3 is 2. The monoisotopic (exact) mass is 418 g/mol. The molecule has 0 bridgehead atoms. The predicted molar refractivity (Wildman–Crippen MR) is 110 cm³/mol. The molecule has 29 heavy (non-hydrogen) atoms. The van der Waals surface area contributed by atoms with Gasteiger partial charge >= 0.3 is 0 Å². The fourth-order valence-electron chi connectivity index (χ4n) is 2.47. The van der Waals surface area contributed by atoms with Gasteiger partial charge in [-0.2, -0.15) is 0 Å². The van der Waals surface area contributed by atoms with Crippen LogP contribution in [0.25, 0.3) is 6.08 Å². The number of benzene rings is 2. The number of carbonyl (C=O) groups excluding carboxylic acids is 2. The molecule has 9 heteroatoms. The van der Waals surface area contributed by atoms with E-state index in [1.807, 2.05) is 0 Å². The van der Waals surface area contributed by atoms with Crippen LogP contribution in [0.1, 0.15) is 22.8 Å². The third-order valence-corrected chi connectivity index (χ3v) is 5.39. The number of anilines is 1. The molecule has 0 fully saturated rings. The zero-order chi connectivity index (χ0) is 21.6. The van der Waals surface area contributed by atoms with Gasteiger partial charge in [0.25, 0.3) is 10.0 Å². The number of likely N-dealkylation sites (N-methyl/N-ethyl adjacent to an activating group) is 1. The number of rotatable bonds is 8. The summed E-state index contributed by atoms with van der Waals surface area (Å²) in [4.78, 5) is 23.2. The molecule has 154 valence electrons. The second kappa shape index (κ2) is 9.24. The van der Waals surface area contributed by atoms with E-state index >= 15 is 0 Å². The maximum absolute atomic E-state index is 12.8. The molecular weight excluding hydrogens is 396 g/mol. The van der Waals surface area contributed by atoms with Crippen LogP contribution >= 0.6 is 0 Å². The fourth-order valence-corrected chi connectivity index (χ4v) is 3.54. The average molecular weight is 418 g/mol. The molecule has 0 radical (unpaired) electrons. The highest BCUT2D eigenvalue weighted by Crippen LogP contribution is 2.34. The van der Waals surface area contributed by atoms with E-state index in [0.29, 0.717) is 11.3 Å². The van der Waals surface area contributed by atoms with Gasteiger partial charge in [0.05, 0.1) is 24.8 Å². The van der Waals surface area contributed by atoms with Gasteiger partial charge in [-0.15, -0.1) is 0 Å². The minimum atomic E-state index is -3.97. The fraction of sp³-hybridized carbons (Fsp3) is 0.200. The number of Topliss-reactive ketones (excluding diaryl/α,β-unsaturated/α-hetero) is 1. The van der Waals surface area contributed by atoms with Gasteiger partial charge in [-0.05, 0) is 36.8 Å². The van der Waals surface area contributed by atoms with E-state index in [0.717, 1.165) is 0 Å². The largest absolute Gasteiger partial charge is 0.493 e. The van der Waals surface area contributed by atoms with E-state index in [1.165, 1.54) is 58.5 Å². The minimum absolute atomic E-state index is 0.00104. The Morgan fingerprint density at radius 3 is 2.10 bits per heavy atom. The first kappa shape index (κ1) is 22.0. The molecular formula is C20H22N2O6S. The topological polar surface area (TPSA) is 111 Å². The highest BCUT2D eigenvalue weighted by Gasteiger charge is 2.20. The number of amides is 1. The van der Waals surface area contributed by atoms with Crippen molar-refractivity contribution >= 4 is 33.5 Å². The number of hydrogen-bond donors (Lipinski definition) is 2. The first-order chi connectivity index (χ1) is 13.7. The van der Waals surface area contributed by atoms with E-state index in [9.17, 15) is 18.0 Å². The lowest BCUT2D eigenvalue weighted by Crippen LogP contribution is -2.15. The molecule has 0 heterocycles. The average Bonchev–Trinajstić information content (AvgIpc) is 2.71. The molecule has 8 nitrogen and oxygen atoms in total. The van der Waals surface area contributed by atoms with Crippen molar-refractivity contribution in [1.29, 1.82) is 0 Å². The van der Waals surface area contributed by atoms with E-state index in [1.54, 1.807) is 18.2 Å². The molecule has 2 aromatic rings. The summed E-state index contributed by atoms with van der Waals surface area (Å²) in [6, 6.07) is 8.75. The van der Waals surface area contributed by atoms with Crippen LogP contribution in [0.5, 0.6) is 11.5 Å². The summed E-state index contributed by atoms with van der Waals surface area (Å²) < 4.78 is 38.3. The third kappa shape index (κ3) is 5.35. The molecule has 2 aromatic carbocycles. The van der Waals surface area contributed by atoms with Crippen LogP contribution in [0.4, 0.5) is 5.69 Å². The molecule has 0 aliphatic rings. The molecule has 0 aliphatic carbocycles. The van der Waals surface area contributed by atoms with Gasteiger partial charge in [0.2, 0.25) is 5.91 Å². The summed E-state index contributed by atoms with van der Waals surface area (Å²) in [6.07, 6.45) is 2.90. The SMILES string of the molecule is CNC(=O)/C=C/c1ccc(S(=O)(=O)Nc2cc(OC)c(OC)cc2C(C)=O)cc1. The predicted octanol–water partition coefficient (Wildman–Crippen LogP) is 2.47. The van der Waals surface area contributed by atoms with Crippen molar-refractivity contribution in [3.8, 4) is 11.5 Å². The quantitative estimate of drug-likeness (QED) is 0.503. The highest BCUT2D eigenvalue weighted by molar-refractivity contribution is 7.92. The number of hydrogen-bond acceptors (Lipinski definition) is 6. The van der Waals surface area contributed by atoms with E-state index in [4.69, 9.17) is 9.47 Å². The summed E-state index contributed by atoms with van der Waals surface area (Å²) in [5.41, 5.74) is 0.887. The number of nitrogens with one attached hydrogen (secondary N) is 2. The van der Waals surface area contributed by atoms with Gasteiger partial charge in [0, 0.05) is 24.8 Å². The van der Waals surface area contributed by atoms with Crippen molar-refractivity contribution in [2.24, 2.45) is 0 Å². The second-order valence-corrected chi connectivity index (χ2v) is 7.61. The number of carbonyl (C=O) groups is 2. The summed E-state index contributed by atoms with van der Waals surface area (Å²) in [5, 5.41) is 2.45. The van der Waals surface area contributed by atoms with Gasteiger partial charge in [-0.3, -0.25) is 14.3 Å². The zero-order valence-corrected chi connectivity index (χ0v) is 17.3. The third-order valence-electron chi connectivity index (χ3n) is 4.01. The molecule has 2 N–H and O–H groups in total. The lowest BCUT2D eigenvalue weighted by atomic mass is 10.1. The van der Waals surface area contributed by atoms with Crippen LogP contribution in [0, 0.1) is 0 Å². The Balaban J connectivity index is 2.37. The second-order valence-electron chi connectivity index (χ2n) is 5.93. The minimum Gasteiger partial charge on any atom is -0.493 e. The summed E-state index contributed by atoms with van der Waals surface area (Å²) in [5.74, 6) is -0.00953. The Bertz CT molecular complexity index is 1040. The molecule has 0 atom stereocenters. The Morgan fingerprint density at radius 2 is 1.59 bits per heavy atom. The molecule has 0 spiro atoms. The molecule has 0 aromatic heterocycles. The molecule has 0 unspecified atom stereocenters. The lowest BCUT2D eigenvalue weighted by Gasteiger charge is -2.15. The molecule has 0 aliphatic heterocycles. The van der Waals surface area contributed by atoms with Crippen molar-refractivity contribution in [2.45, 2.75) is 11.8 Å². The van der Waals surface area contributed by atoms with Crippen LogP contribution in [0.2, 0.25) is 0 Å². The number of ketones is 1. The Morgan fingerprint density at radius 1 is 1.00 bits per heavy atom. The van der Waals surface area contributed by atoms with Crippen molar-refractivity contribution in [1.82, 2.24) is 5.32 Å². The maximum Gasteiger partial charge on any atom is 0.261 e. The Labute approximate surface area is 169 Å².